The predicted octanol–water partition coefficient (Wildman–Crippen LogP) is 3.45. The number of phenolic OH excluding ortho intramolecular Hbond substituents is 1. The zero-order valence-corrected chi connectivity index (χ0v) is 18.0. The van der Waals surface area contributed by atoms with Gasteiger partial charge in [0.1, 0.15) is 17.2 Å². The van der Waals surface area contributed by atoms with Gasteiger partial charge in [-0.05, 0) is 37.1 Å². The Labute approximate surface area is 183 Å². The molecule has 1 aliphatic heterocycles. The lowest BCUT2D eigenvalue weighted by molar-refractivity contribution is -0.152. The molecule has 2 N–H and O–H groups in total. The number of carbonyl (C=O) groups excluding carboxylic acids is 1. The molecule has 0 radical (unpaired) electrons. The summed E-state index contributed by atoms with van der Waals surface area (Å²) in [5, 5.41) is 21.8. The van der Waals surface area contributed by atoms with E-state index < -0.39 is 5.60 Å². The molecule has 7 heteroatoms. The first-order valence-corrected chi connectivity index (χ1v) is 10.8. The number of nitrogens with zero attached hydrogens (tertiary/aromatic N) is 4. The van der Waals surface area contributed by atoms with Gasteiger partial charge in [0.05, 0.1) is 11.1 Å². The molecule has 31 heavy (non-hydrogen) atoms. The number of amides is 1. The fourth-order valence-corrected chi connectivity index (χ4v) is 4.05. The number of para-hydroxylation sites is 2. The molecule has 1 amide bonds. The van der Waals surface area contributed by atoms with Crippen LogP contribution in [0.3, 0.4) is 0 Å². The van der Waals surface area contributed by atoms with Gasteiger partial charge in [-0.3, -0.25) is 4.79 Å². The number of aromatic hydroxyl groups is 1. The molecule has 0 aliphatic carbocycles. The smallest absolute Gasteiger partial charge is 0.254 e. The Bertz CT molecular complexity index is 1100. The van der Waals surface area contributed by atoms with Crippen molar-refractivity contribution in [1.29, 1.82) is 0 Å². The summed E-state index contributed by atoms with van der Waals surface area (Å²) < 4.78 is 0. The fourth-order valence-electron chi connectivity index (χ4n) is 4.05. The number of aromatic nitrogens is 2. The van der Waals surface area contributed by atoms with Gasteiger partial charge in [0.2, 0.25) is 0 Å². The van der Waals surface area contributed by atoms with Crippen LogP contribution in [0.15, 0.2) is 48.5 Å². The van der Waals surface area contributed by atoms with Crippen LogP contribution in [0.2, 0.25) is 0 Å². The van der Waals surface area contributed by atoms with Crippen LogP contribution < -0.4 is 4.90 Å². The van der Waals surface area contributed by atoms with Crippen molar-refractivity contribution < 1.29 is 16.4 Å². The minimum absolute atomic E-state index is 0. The zero-order chi connectivity index (χ0) is 22.0. The lowest BCUT2D eigenvalue weighted by Crippen LogP contribution is -2.55. The largest absolute Gasteiger partial charge is 0.507 e. The van der Waals surface area contributed by atoms with E-state index in [0.717, 1.165) is 16.7 Å². The van der Waals surface area contributed by atoms with E-state index in [1.165, 1.54) is 0 Å². The van der Waals surface area contributed by atoms with Crippen molar-refractivity contribution in [2.24, 2.45) is 0 Å². The molecule has 164 valence electrons. The number of hydrogen-bond donors (Lipinski definition) is 2. The van der Waals surface area contributed by atoms with Crippen LogP contribution in [-0.4, -0.2) is 62.8 Å². The number of rotatable bonds is 5. The first-order chi connectivity index (χ1) is 15.0. The van der Waals surface area contributed by atoms with Gasteiger partial charge in [0.15, 0.2) is 5.82 Å². The number of benzene rings is 2. The maximum absolute atomic E-state index is 12.8. The topological polar surface area (TPSA) is 89.8 Å². The highest BCUT2D eigenvalue weighted by Gasteiger charge is 2.37. The van der Waals surface area contributed by atoms with Crippen molar-refractivity contribution in [2.45, 2.75) is 32.3 Å². The van der Waals surface area contributed by atoms with Gasteiger partial charge in [0.25, 0.3) is 5.91 Å². The van der Waals surface area contributed by atoms with E-state index in [1.807, 2.05) is 44.2 Å². The third-order valence-electron chi connectivity index (χ3n) is 6.16. The molecule has 0 saturated carbocycles. The number of phenols is 1. The normalized spacial score (nSPS) is 14.8. The number of fused-ring (bicyclic) bond motifs is 1. The minimum atomic E-state index is -1.29. The molecule has 0 bridgehead atoms. The monoisotopic (exact) mass is 422 g/mol. The van der Waals surface area contributed by atoms with Crippen molar-refractivity contribution >= 4 is 22.6 Å². The summed E-state index contributed by atoms with van der Waals surface area (Å²) in [4.78, 5) is 26.2. The first kappa shape index (κ1) is 21.1. The molecule has 3 aromatic rings. The number of anilines is 1. The molecule has 1 fully saturated rings. The van der Waals surface area contributed by atoms with Crippen molar-refractivity contribution in [3.63, 3.8) is 0 Å². The third kappa shape index (κ3) is 3.93. The van der Waals surface area contributed by atoms with Crippen molar-refractivity contribution in [3.05, 3.63) is 48.5 Å². The molecule has 1 aliphatic rings. The highest BCUT2D eigenvalue weighted by Crippen LogP contribution is 2.32. The highest BCUT2D eigenvalue weighted by molar-refractivity contribution is 5.91. The average molecular weight is 423 g/mol. The second kappa shape index (κ2) is 8.51. The van der Waals surface area contributed by atoms with E-state index in [-0.39, 0.29) is 13.1 Å². The van der Waals surface area contributed by atoms with Crippen LogP contribution in [0.4, 0.5) is 5.82 Å². The molecule has 1 saturated heterocycles. The average Bonchev–Trinajstić information content (AvgIpc) is 2.82. The highest BCUT2D eigenvalue weighted by atomic mass is 16.3. The Hall–Kier alpha value is -3.19. The summed E-state index contributed by atoms with van der Waals surface area (Å²) >= 11 is 0. The van der Waals surface area contributed by atoms with Crippen LogP contribution in [0.25, 0.3) is 22.3 Å². The Morgan fingerprint density at radius 3 is 2.32 bits per heavy atom. The Morgan fingerprint density at radius 2 is 1.65 bits per heavy atom. The summed E-state index contributed by atoms with van der Waals surface area (Å²) in [7, 11) is 0. The Kier molecular flexibility index (Phi) is 5.78. The first-order valence-electron chi connectivity index (χ1n) is 10.8. The second-order valence-electron chi connectivity index (χ2n) is 7.92. The van der Waals surface area contributed by atoms with E-state index >= 15 is 0 Å². The lowest BCUT2D eigenvalue weighted by atomic mass is 9.95. The van der Waals surface area contributed by atoms with E-state index in [1.54, 1.807) is 23.1 Å². The molecule has 2 aromatic carbocycles. The molecule has 4 rings (SSSR count). The summed E-state index contributed by atoms with van der Waals surface area (Å²) in [6, 6.07) is 14.9. The van der Waals surface area contributed by atoms with E-state index in [2.05, 4.69) is 9.88 Å². The number of piperazine rings is 1. The fraction of sp³-hybridized carbons (Fsp3) is 0.375. The van der Waals surface area contributed by atoms with Crippen LogP contribution in [0.5, 0.6) is 5.75 Å². The van der Waals surface area contributed by atoms with Gasteiger partial charge >= 0.3 is 0 Å². The number of aliphatic hydroxyl groups is 1. The van der Waals surface area contributed by atoms with E-state index in [0.29, 0.717) is 50.4 Å². The van der Waals surface area contributed by atoms with Crippen molar-refractivity contribution in [2.75, 3.05) is 31.1 Å². The van der Waals surface area contributed by atoms with Crippen molar-refractivity contribution in [1.82, 2.24) is 14.9 Å². The zero-order valence-electron chi connectivity index (χ0n) is 18.0. The van der Waals surface area contributed by atoms with Crippen LogP contribution in [0.1, 0.15) is 28.1 Å². The number of hydrogen-bond acceptors (Lipinski definition) is 6. The molecule has 1 aromatic heterocycles. The lowest BCUT2D eigenvalue weighted by Gasteiger charge is -2.39. The predicted molar refractivity (Wildman–Crippen MR) is 123 cm³/mol. The second-order valence-corrected chi connectivity index (χ2v) is 7.92. The van der Waals surface area contributed by atoms with Gasteiger partial charge in [-0.15, -0.1) is 0 Å². The van der Waals surface area contributed by atoms with Gasteiger partial charge < -0.3 is 20.0 Å². The molecule has 0 spiro atoms. The Morgan fingerprint density at radius 1 is 1.00 bits per heavy atom. The maximum atomic E-state index is 12.8. The van der Waals surface area contributed by atoms with E-state index in [9.17, 15) is 15.0 Å². The van der Waals surface area contributed by atoms with Crippen molar-refractivity contribution in [3.8, 4) is 17.1 Å². The molecule has 7 nitrogen and oxygen atoms in total. The van der Waals surface area contributed by atoms with Gasteiger partial charge in [-0.1, -0.05) is 38.1 Å². The quantitative estimate of drug-likeness (QED) is 0.655. The molecule has 2 heterocycles. The van der Waals surface area contributed by atoms with Crippen LogP contribution in [-0.2, 0) is 4.79 Å². The summed E-state index contributed by atoms with van der Waals surface area (Å²) in [6.07, 6.45) is 0.812. The summed E-state index contributed by atoms with van der Waals surface area (Å²) in [5.41, 5.74) is 0.0943. The van der Waals surface area contributed by atoms with E-state index in [4.69, 9.17) is 4.98 Å². The Balaban J connectivity index is 0.00000289. The SMILES string of the molecule is CCC(O)(CC)C(=O)N1CCN(c2nc(-c3ccccc3O)nc3ccccc23)CC1.[HH]. The van der Waals surface area contributed by atoms with Gasteiger partial charge in [-0.2, -0.15) is 0 Å². The van der Waals surface area contributed by atoms with Crippen LogP contribution in [0, 0.1) is 0 Å². The molecule has 0 atom stereocenters. The van der Waals surface area contributed by atoms with Crippen LogP contribution >= 0.6 is 0 Å². The minimum Gasteiger partial charge on any atom is -0.507 e. The standard InChI is InChI=1S/C24H28N4O3.H2/c1-3-24(31,4-2)23(30)28-15-13-27(14-16-28)22-17-9-5-7-11-19(17)25-21(26-22)18-10-6-8-12-20(18)29;/h5-12,29,31H,3-4,13-16H2,1-2H3;1H. The summed E-state index contributed by atoms with van der Waals surface area (Å²) in [5.74, 6) is 1.20. The van der Waals surface area contributed by atoms with Gasteiger partial charge in [0, 0.05) is 33.0 Å². The third-order valence-corrected chi connectivity index (χ3v) is 6.16. The number of carbonyl (C=O) groups is 1. The molecular weight excluding hydrogens is 392 g/mol. The van der Waals surface area contributed by atoms with Gasteiger partial charge in [-0.25, -0.2) is 9.97 Å². The maximum Gasteiger partial charge on any atom is 0.254 e. The molecular formula is C24H30N4O3. The molecule has 0 unspecified atom stereocenters. The summed E-state index contributed by atoms with van der Waals surface area (Å²) in [6.45, 7) is 5.93.